The maximum atomic E-state index is 12.8. The fourth-order valence-corrected chi connectivity index (χ4v) is 2.75. The van der Waals surface area contributed by atoms with Crippen molar-refractivity contribution in [3.8, 4) is 0 Å². The number of anilines is 1. The van der Waals surface area contributed by atoms with Crippen molar-refractivity contribution in [3.05, 3.63) is 65.7 Å². The van der Waals surface area contributed by atoms with Crippen LogP contribution in [-0.2, 0) is 26.6 Å². The first-order chi connectivity index (χ1) is 12.3. The summed E-state index contributed by atoms with van der Waals surface area (Å²) in [4.78, 5) is 25.2. The number of hydrogen-bond donors (Lipinski definition) is 2. The number of amides is 2. The molecule has 0 radical (unpaired) electrons. The maximum absolute atomic E-state index is 12.8. The van der Waals surface area contributed by atoms with Crippen molar-refractivity contribution in [3.63, 3.8) is 0 Å². The molecule has 1 aliphatic rings. The van der Waals surface area contributed by atoms with Gasteiger partial charge in [-0.15, -0.1) is 0 Å². The number of carbonyl (C=O) groups is 2. The van der Waals surface area contributed by atoms with Gasteiger partial charge in [-0.1, -0.05) is 48.5 Å². The highest BCUT2D eigenvalue weighted by molar-refractivity contribution is 6.06. The highest BCUT2D eigenvalue weighted by Crippen LogP contribution is 2.37. The van der Waals surface area contributed by atoms with Crippen LogP contribution in [0.3, 0.4) is 0 Å². The summed E-state index contributed by atoms with van der Waals surface area (Å²) in [5.74, 6) is -0.458. The molecule has 1 atom stereocenters. The molecular weight excluding hydrogens is 332 g/mol. The van der Waals surface area contributed by atoms with Gasteiger partial charge in [0.05, 0.1) is 6.61 Å². The minimum Gasteiger partial charge on any atom is -0.444 e. The van der Waals surface area contributed by atoms with Gasteiger partial charge in [0.25, 0.3) is 11.6 Å². The monoisotopic (exact) mass is 354 g/mol. The zero-order valence-electron chi connectivity index (χ0n) is 15.0. The van der Waals surface area contributed by atoms with E-state index in [4.69, 9.17) is 9.47 Å². The van der Waals surface area contributed by atoms with E-state index in [1.807, 2.05) is 30.3 Å². The van der Waals surface area contributed by atoms with Gasteiger partial charge in [0.15, 0.2) is 0 Å². The predicted octanol–water partition coefficient (Wildman–Crippen LogP) is 3.53. The van der Waals surface area contributed by atoms with Crippen LogP contribution in [0.2, 0.25) is 0 Å². The lowest BCUT2D eigenvalue weighted by molar-refractivity contribution is -0.148. The van der Waals surface area contributed by atoms with E-state index in [2.05, 4.69) is 10.6 Å². The average molecular weight is 354 g/mol. The third-order valence-electron chi connectivity index (χ3n) is 3.85. The first-order valence-electron chi connectivity index (χ1n) is 8.40. The van der Waals surface area contributed by atoms with E-state index in [1.165, 1.54) is 0 Å². The molecule has 136 valence electrons. The van der Waals surface area contributed by atoms with E-state index >= 15 is 0 Å². The molecule has 6 nitrogen and oxygen atoms in total. The highest BCUT2D eigenvalue weighted by Gasteiger charge is 2.50. The molecule has 2 aromatic carbocycles. The number of hydrogen-bond acceptors (Lipinski definition) is 4. The number of ether oxygens (including phenoxy) is 2. The third-order valence-corrected chi connectivity index (χ3v) is 3.85. The van der Waals surface area contributed by atoms with Crippen molar-refractivity contribution in [2.45, 2.75) is 38.7 Å². The van der Waals surface area contributed by atoms with Crippen LogP contribution in [-0.4, -0.2) is 17.6 Å². The van der Waals surface area contributed by atoms with E-state index in [-0.39, 0.29) is 6.61 Å². The normalized spacial score (nSPS) is 18.8. The lowest BCUT2D eigenvalue weighted by Gasteiger charge is -2.30. The van der Waals surface area contributed by atoms with E-state index in [0.717, 1.165) is 5.56 Å². The number of alkyl carbamates (subject to hydrolysis) is 1. The fraction of sp³-hybridized carbons (Fsp3) is 0.300. The lowest BCUT2D eigenvalue weighted by atomic mass is 10.0. The Morgan fingerprint density at radius 2 is 1.73 bits per heavy atom. The summed E-state index contributed by atoms with van der Waals surface area (Å²) in [5.41, 5.74) is -0.308. The Balaban J connectivity index is 1.91. The molecule has 6 heteroatoms. The van der Waals surface area contributed by atoms with Gasteiger partial charge in [-0.05, 0) is 32.4 Å². The van der Waals surface area contributed by atoms with Crippen LogP contribution in [0.15, 0.2) is 54.6 Å². The molecule has 26 heavy (non-hydrogen) atoms. The van der Waals surface area contributed by atoms with Crippen molar-refractivity contribution < 1.29 is 19.1 Å². The van der Waals surface area contributed by atoms with Crippen molar-refractivity contribution in [2.75, 3.05) is 5.32 Å². The second kappa shape index (κ2) is 6.80. The Hall–Kier alpha value is -2.86. The molecule has 0 aromatic heterocycles. The summed E-state index contributed by atoms with van der Waals surface area (Å²) >= 11 is 0. The summed E-state index contributed by atoms with van der Waals surface area (Å²) in [6.07, 6.45) is -0.725. The van der Waals surface area contributed by atoms with Crippen molar-refractivity contribution in [1.29, 1.82) is 0 Å². The SMILES string of the molecule is CC(C)(C)OC(=O)N[C@]1(OCc2ccccc2)C(=O)Nc2ccccc21. The maximum Gasteiger partial charge on any atom is 0.410 e. The summed E-state index contributed by atoms with van der Waals surface area (Å²) in [5, 5.41) is 5.39. The Morgan fingerprint density at radius 1 is 1.08 bits per heavy atom. The number of benzene rings is 2. The second-order valence-corrected chi connectivity index (χ2v) is 7.08. The van der Waals surface area contributed by atoms with Crippen LogP contribution >= 0.6 is 0 Å². The van der Waals surface area contributed by atoms with Gasteiger partial charge in [-0.25, -0.2) is 4.79 Å². The molecule has 1 heterocycles. The number of rotatable bonds is 4. The summed E-state index contributed by atoms with van der Waals surface area (Å²) in [6, 6.07) is 16.5. The van der Waals surface area contributed by atoms with Crippen LogP contribution < -0.4 is 10.6 Å². The molecule has 0 bridgehead atoms. The molecule has 0 fully saturated rings. The summed E-state index contributed by atoms with van der Waals surface area (Å²) < 4.78 is 11.3. The van der Waals surface area contributed by atoms with Crippen molar-refractivity contribution in [1.82, 2.24) is 5.32 Å². The first-order valence-corrected chi connectivity index (χ1v) is 8.40. The predicted molar refractivity (Wildman–Crippen MR) is 97.4 cm³/mol. The van der Waals surface area contributed by atoms with Crippen LogP contribution in [0.4, 0.5) is 10.5 Å². The van der Waals surface area contributed by atoms with Crippen LogP contribution in [0, 0.1) is 0 Å². The minimum absolute atomic E-state index is 0.151. The fourth-order valence-electron chi connectivity index (χ4n) is 2.75. The highest BCUT2D eigenvalue weighted by atomic mass is 16.6. The van der Waals surface area contributed by atoms with Crippen molar-refractivity contribution >= 4 is 17.7 Å². The Kier molecular flexibility index (Phi) is 4.70. The topological polar surface area (TPSA) is 76.7 Å². The van der Waals surface area contributed by atoms with Gasteiger partial charge in [-0.2, -0.15) is 0 Å². The minimum atomic E-state index is -1.64. The standard InChI is InChI=1S/C20H22N2O4/c1-19(2,3)26-18(24)22-20(25-13-14-9-5-4-6-10-14)15-11-7-8-12-16(15)21-17(20)23/h4-12H,13H2,1-3H3,(H,21,23)(H,22,24)/t20-/m1/s1. The molecule has 0 aliphatic carbocycles. The van der Waals surface area contributed by atoms with Gasteiger partial charge < -0.3 is 14.8 Å². The van der Waals surface area contributed by atoms with E-state index in [1.54, 1.807) is 45.0 Å². The van der Waals surface area contributed by atoms with Gasteiger partial charge >= 0.3 is 6.09 Å². The zero-order valence-corrected chi connectivity index (χ0v) is 15.0. The summed E-state index contributed by atoms with van der Waals surface area (Å²) in [7, 11) is 0. The number of fused-ring (bicyclic) bond motifs is 1. The number of para-hydroxylation sites is 1. The Bertz CT molecular complexity index is 814. The van der Waals surface area contributed by atoms with Crippen LogP contribution in [0.25, 0.3) is 0 Å². The van der Waals surface area contributed by atoms with Crippen LogP contribution in [0.1, 0.15) is 31.9 Å². The van der Waals surface area contributed by atoms with E-state index in [9.17, 15) is 9.59 Å². The summed E-state index contributed by atoms with van der Waals surface area (Å²) in [6.45, 7) is 5.42. The van der Waals surface area contributed by atoms with Gasteiger partial charge in [0, 0.05) is 11.3 Å². The number of nitrogens with one attached hydrogen (secondary N) is 2. The van der Waals surface area contributed by atoms with Gasteiger partial charge in [-0.3, -0.25) is 10.1 Å². The molecule has 3 rings (SSSR count). The largest absolute Gasteiger partial charge is 0.444 e. The van der Waals surface area contributed by atoms with E-state index in [0.29, 0.717) is 11.3 Å². The van der Waals surface area contributed by atoms with Crippen LogP contribution in [0.5, 0.6) is 0 Å². The van der Waals surface area contributed by atoms with E-state index < -0.39 is 23.3 Å². The Morgan fingerprint density at radius 3 is 2.42 bits per heavy atom. The average Bonchev–Trinajstić information content (AvgIpc) is 2.84. The smallest absolute Gasteiger partial charge is 0.410 e. The first kappa shape index (κ1) is 17.9. The number of carbonyl (C=O) groups excluding carboxylic acids is 2. The van der Waals surface area contributed by atoms with Gasteiger partial charge in [0.2, 0.25) is 0 Å². The van der Waals surface area contributed by atoms with Crippen molar-refractivity contribution in [2.24, 2.45) is 0 Å². The molecule has 2 amide bonds. The quantitative estimate of drug-likeness (QED) is 0.824. The third kappa shape index (κ3) is 3.70. The molecule has 0 saturated carbocycles. The molecule has 0 spiro atoms. The molecule has 1 aliphatic heterocycles. The lowest BCUT2D eigenvalue weighted by Crippen LogP contribution is -2.53. The zero-order chi connectivity index (χ0) is 18.8. The molecule has 0 unspecified atom stereocenters. The second-order valence-electron chi connectivity index (χ2n) is 7.08. The van der Waals surface area contributed by atoms with Gasteiger partial charge in [0.1, 0.15) is 5.60 Å². The molecule has 0 saturated heterocycles. The Labute approximate surface area is 152 Å². The molecular formula is C20H22N2O4. The molecule has 2 N–H and O–H groups in total. The molecule has 2 aromatic rings.